The first-order valence-electron chi connectivity index (χ1n) is 7.01. The smallest absolute Gasteiger partial charge is 0.435 e. The zero-order valence-electron chi connectivity index (χ0n) is 12.8. The van der Waals surface area contributed by atoms with E-state index in [1.807, 2.05) is 0 Å². The normalized spacial score (nSPS) is 11.6. The monoisotopic (exact) mass is 369 g/mol. The molecular weight excluding hydrogens is 359 g/mol. The largest absolute Gasteiger partial charge is 0.462 e. The van der Waals surface area contributed by atoms with E-state index in [9.17, 15) is 18.0 Å². The van der Waals surface area contributed by atoms with E-state index in [4.69, 9.17) is 16.0 Å². The highest BCUT2D eigenvalue weighted by Crippen LogP contribution is 2.33. The lowest BCUT2D eigenvalue weighted by Crippen LogP contribution is -2.17. The van der Waals surface area contributed by atoms with Crippen molar-refractivity contribution in [3.8, 4) is 11.3 Å². The molecule has 0 spiro atoms. The molecule has 5 nitrogen and oxygen atoms in total. The Balaban J connectivity index is 1.91. The first kappa shape index (κ1) is 17.1. The molecule has 0 saturated heterocycles. The molecule has 0 atom stereocenters. The molecule has 3 aromatic rings. The number of aromatic nitrogens is 2. The van der Waals surface area contributed by atoms with E-state index in [1.165, 1.54) is 19.4 Å². The lowest BCUT2D eigenvalue weighted by molar-refractivity contribution is -0.141. The van der Waals surface area contributed by atoms with Gasteiger partial charge in [-0.15, -0.1) is 0 Å². The van der Waals surface area contributed by atoms with Crippen LogP contribution in [0.2, 0.25) is 5.02 Å². The van der Waals surface area contributed by atoms with Gasteiger partial charge in [-0.25, -0.2) is 0 Å². The molecule has 25 heavy (non-hydrogen) atoms. The van der Waals surface area contributed by atoms with Crippen molar-refractivity contribution < 1.29 is 22.4 Å². The minimum atomic E-state index is -4.73. The minimum absolute atomic E-state index is 0.240. The maximum atomic E-state index is 13.0. The van der Waals surface area contributed by atoms with Crippen molar-refractivity contribution in [2.45, 2.75) is 6.18 Å². The second kappa shape index (κ2) is 6.29. The van der Waals surface area contributed by atoms with Crippen LogP contribution in [0.5, 0.6) is 0 Å². The lowest BCUT2D eigenvalue weighted by atomic mass is 10.1. The summed E-state index contributed by atoms with van der Waals surface area (Å²) in [5.41, 5.74) is -0.960. The predicted molar refractivity (Wildman–Crippen MR) is 85.3 cm³/mol. The highest BCUT2D eigenvalue weighted by molar-refractivity contribution is 6.30. The SMILES string of the molecule is Cn1cc(C(=O)Nc2ccoc2-c2ccc(Cl)cc2)c(C(F)(F)F)n1. The van der Waals surface area contributed by atoms with Gasteiger partial charge in [0.15, 0.2) is 11.5 Å². The molecule has 3 rings (SSSR count). The molecule has 9 heteroatoms. The number of nitrogens with zero attached hydrogens (tertiary/aromatic N) is 2. The van der Waals surface area contributed by atoms with Gasteiger partial charge in [-0.1, -0.05) is 11.6 Å². The number of halogens is 4. The van der Waals surface area contributed by atoms with E-state index >= 15 is 0 Å². The molecule has 0 radical (unpaired) electrons. The van der Waals surface area contributed by atoms with Gasteiger partial charge in [0, 0.05) is 29.9 Å². The van der Waals surface area contributed by atoms with Crippen LogP contribution in [0.4, 0.5) is 18.9 Å². The van der Waals surface area contributed by atoms with Crippen LogP contribution < -0.4 is 5.32 Å². The van der Waals surface area contributed by atoms with Crippen LogP contribution in [0.15, 0.2) is 47.2 Å². The number of alkyl halides is 3. The average molecular weight is 370 g/mol. The first-order valence-corrected chi connectivity index (χ1v) is 7.39. The summed E-state index contributed by atoms with van der Waals surface area (Å²) in [7, 11) is 1.31. The summed E-state index contributed by atoms with van der Waals surface area (Å²) in [5, 5.41) is 6.26. The summed E-state index contributed by atoms with van der Waals surface area (Å²) in [6.07, 6.45) is -2.39. The van der Waals surface area contributed by atoms with Crippen LogP contribution in [-0.2, 0) is 13.2 Å². The second-order valence-electron chi connectivity index (χ2n) is 5.19. The number of rotatable bonds is 3. The van der Waals surface area contributed by atoms with Crippen molar-refractivity contribution in [2.24, 2.45) is 7.05 Å². The third-order valence-electron chi connectivity index (χ3n) is 3.36. The van der Waals surface area contributed by atoms with Crippen LogP contribution in [-0.4, -0.2) is 15.7 Å². The van der Waals surface area contributed by atoms with Crippen molar-refractivity contribution >= 4 is 23.2 Å². The zero-order chi connectivity index (χ0) is 18.2. The Morgan fingerprint density at radius 2 is 1.92 bits per heavy atom. The number of hydrogen-bond acceptors (Lipinski definition) is 3. The number of anilines is 1. The Labute approximate surface area is 145 Å². The fourth-order valence-corrected chi connectivity index (χ4v) is 2.41. The van der Waals surface area contributed by atoms with E-state index in [-0.39, 0.29) is 5.69 Å². The summed E-state index contributed by atoms with van der Waals surface area (Å²) in [6, 6.07) is 8.05. The molecule has 2 aromatic heterocycles. The van der Waals surface area contributed by atoms with E-state index in [1.54, 1.807) is 24.3 Å². The Kier molecular flexibility index (Phi) is 4.30. The third-order valence-corrected chi connectivity index (χ3v) is 3.61. The number of benzene rings is 1. The molecular formula is C16H11ClF3N3O2. The topological polar surface area (TPSA) is 60.1 Å². The Morgan fingerprint density at radius 3 is 2.56 bits per heavy atom. The molecule has 0 aliphatic rings. The molecule has 1 N–H and O–H groups in total. The van der Waals surface area contributed by atoms with Gasteiger partial charge in [-0.2, -0.15) is 18.3 Å². The highest BCUT2D eigenvalue weighted by atomic mass is 35.5. The van der Waals surface area contributed by atoms with Gasteiger partial charge >= 0.3 is 6.18 Å². The average Bonchev–Trinajstić information content (AvgIpc) is 3.14. The molecule has 1 aromatic carbocycles. The standard InChI is InChI=1S/C16H11ClF3N3O2/c1-23-8-11(14(22-23)16(18,19)20)15(24)21-12-6-7-25-13(12)9-2-4-10(17)5-3-9/h2-8H,1H3,(H,21,24). The molecule has 130 valence electrons. The van der Waals surface area contributed by atoms with E-state index in [0.29, 0.717) is 16.3 Å². The number of nitrogens with one attached hydrogen (secondary N) is 1. The second-order valence-corrected chi connectivity index (χ2v) is 5.62. The summed E-state index contributed by atoms with van der Waals surface area (Å²) in [5.74, 6) is -0.625. The van der Waals surface area contributed by atoms with Crippen molar-refractivity contribution in [1.82, 2.24) is 9.78 Å². The molecule has 0 fully saturated rings. The highest BCUT2D eigenvalue weighted by Gasteiger charge is 2.39. The number of hydrogen-bond donors (Lipinski definition) is 1. The Hall–Kier alpha value is -2.74. The van der Waals surface area contributed by atoms with E-state index < -0.39 is 23.3 Å². The maximum Gasteiger partial charge on any atom is 0.435 e. The van der Waals surface area contributed by atoms with Crippen LogP contribution in [0, 0.1) is 0 Å². The van der Waals surface area contributed by atoms with Gasteiger partial charge in [0.05, 0.1) is 17.5 Å². The lowest BCUT2D eigenvalue weighted by Gasteiger charge is -2.07. The van der Waals surface area contributed by atoms with Gasteiger partial charge in [-0.3, -0.25) is 9.48 Å². The number of amides is 1. The van der Waals surface area contributed by atoms with Crippen LogP contribution in [0.25, 0.3) is 11.3 Å². The van der Waals surface area contributed by atoms with Gasteiger partial charge < -0.3 is 9.73 Å². The molecule has 0 aliphatic carbocycles. The number of carbonyl (C=O) groups is 1. The molecule has 0 unspecified atom stereocenters. The number of furan rings is 1. The number of carbonyl (C=O) groups excluding carboxylic acids is 1. The zero-order valence-corrected chi connectivity index (χ0v) is 13.5. The molecule has 2 heterocycles. The molecule has 0 saturated carbocycles. The molecule has 0 bridgehead atoms. The maximum absolute atomic E-state index is 13.0. The van der Waals surface area contributed by atoms with Crippen molar-refractivity contribution in [2.75, 3.05) is 5.32 Å². The summed E-state index contributed by atoms with van der Waals surface area (Å²) in [4.78, 5) is 12.3. The molecule has 0 aliphatic heterocycles. The number of aryl methyl sites for hydroxylation is 1. The first-order chi connectivity index (χ1) is 11.8. The fraction of sp³-hybridized carbons (Fsp3) is 0.125. The van der Waals surface area contributed by atoms with Gasteiger partial charge in [0.2, 0.25) is 0 Å². The summed E-state index contributed by atoms with van der Waals surface area (Å²) in [6.45, 7) is 0. The molecule has 1 amide bonds. The van der Waals surface area contributed by atoms with Crippen LogP contribution >= 0.6 is 11.6 Å². The van der Waals surface area contributed by atoms with Gasteiger partial charge in [0.25, 0.3) is 5.91 Å². The fourth-order valence-electron chi connectivity index (χ4n) is 2.29. The van der Waals surface area contributed by atoms with Gasteiger partial charge in [0.1, 0.15) is 0 Å². The van der Waals surface area contributed by atoms with Crippen molar-refractivity contribution in [1.29, 1.82) is 0 Å². The van der Waals surface area contributed by atoms with Crippen LogP contribution in [0.1, 0.15) is 16.1 Å². The Morgan fingerprint density at radius 1 is 1.24 bits per heavy atom. The van der Waals surface area contributed by atoms with Crippen molar-refractivity contribution in [3.05, 3.63) is 59.1 Å². The van der Waals surface area contributed by atoms with Crippen molar-refractivity contribution in [3.63, 3.8) is 0 Å². The Bertz CT molecular complexity index is 914. The summed E-state index contributed by atoms with van der Waals surface area (Å²) < 4.78 is 45.3. The third kappa shape index (κ3) is 3.53. The quantitative estimate of drug-likeness (QED) is 0.733. The summed E-state index contributed by atoms with van der Waals surface area (Å²) >= 11 is 5.82. The van der Waals surface area contributed by atoms with Gasteiger partial charge in [-0.05, 0) is 24.3 Å². The van der Waals surface area contributed by atoms with Crippen LogP contribution in [0.3, 0.4) is 0 Å². The van der Waals surface area contributed by atoms with E-state index in [0.717, 1.165) is 10.9 Å². The van der Waals surface area contributed by atoms with E-state index in [2.05, 4.69) is 10.4 Å². The minimum Gasteiger partial charge on any atom is -0.462 e. The predicted octanol–water partition coefficient (Wildman–Crippen LogP) is 4.60.